The zero-order valence-electron chi connectivity index (χ0n) is 14.2. The number of halogens is 1. The highest BCUT2D eigenvalue weighted by atomic mass is 35.5. The van der Waals surface area contributed by atoms with E-state index in [1.165, 1.54) is 14.2 Å². The second kappa shape index (κ2) is 7.49. The number of hydrogen-bond donors (Lipinski definition) is 1. The maximum atomic E-state index is 12.2. The highest BCUT2D eigenvalue weighted by Crippen LogP contribution is 2.36. The summed E-state index contributed by atoms with van der Waals surface area (Å²) in [6, 6.07) is 10.4. The second-order valence-electron chi connectivity index (χ2n) is 5.48. The lowest BCUT2D eigenvalue weighted by molar-refractivity contribution is -0.142. The monoisotopic (exact) mass is 373 g/mol. The number of methoxy groups -OCH3 is 2. The standard InChI is InChI=1S/C19H16ClNO5/c1-24-17-8-11(3-6-16(17)26-10-18(22)25-2)7-14-13-5-4-12(20)9-15(13)21-19(14)23/h3-9H,10H2,1-2H3,(H,21,23)/b14-7-. The van der Waals surface area contributed by atoms with E-state index in [0.29, 0.717) is 27.8 Å². The first-order valence-electron chi connectivity index (χ1n) is 7.72. The molecule has 0 spiro atoms. The lowest BCUT2D eigenvalue weighted by Gasteiger charge is -2.10. The average molecular weight is 374 g/mol. The topological polar surface area (TPSA) is 73.9 Å². The van der Waals surface area contributed by atoms with Crippen molar-refractivity contribution in [2.45, 2.75) is 0 Å². The first-order valence-corrected chi connectivity index (χ1v) is 8.10. The zero-order valence-corrected chi connectivity index (χ0v) is 14.9. The molecule has 0 bridgehead atoms. The largest absolute Gasteiger partial charge is 0.493 e. The molecule has 0 unspecified atom stereocenters. The summed E-state index contributed by atoms with van der Waals surface area (Å²) in [5, 5.41) is 3.34. The number of anilines is 1. The zero-order chi connectivity index (χ0) is 18.7. The molecule has 1 heterocycles. The third-order valence-corrected chi connectivity index (χ3v) is 4.07. The van der Waals surface area contributed by atoms with Crippen LogP contribution in [0.25, 0.3) is 11.6 Å². The van der Waals surface area contributed by atoms with Crippen LogP contribution in [-0.2, 0) is 14.3 Å². The number of rotatable bonds is 5. The van der Waals surface area contributed by atoms with E-state index >= 15 is 0 Å². The van der Waals surface area contributed by atoms with E-state index in [2.05, 4.69) is 10.1 Å². The molecule has 0 saturated carbocycles. The first kappa shape index (κ1) is 17.8. The Morgan fingerprint density at radius 3 is 2.69 bits per heavy atom. The first-order chi connectivity index (χ1) is 12.5. The SMILES string of the molecule is COC(=O)COc1ccc(/C=C2\C(=O)Nc3cc(Cl)ccc32)cc1OC. The summed E-state index contributed by atoms with van der Waals surface area (Å²) in [7, 11) is 2.78. The van der Waals surface area contributed by atoms with Crippen molar-refractivity contribution in [1.82, 2.24) is 0 Å². The van der Waals surface area contributed by atoms with Gasteiger partial charge < -0.3 is 19.5 Å². The molecule has 0 fully saturated rings. The predicted molar refractivity (Wildman–Crippen MR) is 98.5 cm³/mol. The van der Waals surface area contributed by atoms with Crippen LogP contribution in [-0.4, -0.2) is 32.7 Å². The average Bonchev–Trinajstić information content (AvgIpc) is 2.94. The van der Waals surface area contributed by atoms with Crippen LogP contribution in [0.15, 0.2) is 36.4 Å². The van der Waals surface area contributed by atoms with E-state index < -0.39 is 5.97 Å². The van der Waals surface area contributed by atoms with Crippen LogP contribution >= 0.6 is 11.6 Å². The van der Waals surface area contributed by atoms with Gasteiger partial charge in [0.25, 0.3) is 5.91 Å². The molecular formula is C19H16ClNO5. The van der Waals surface area contributed by atoms with Crippen LogP contribution in [0.4, 0.5) is 5.69 Å². The van der Waals surface area contributed by atoms with Gasteiger partial charge in [-0.25, -0.2) is 4.79 Å². The third-order valence-electron chi connectivity index (χ3n) is 3.84. The number of carbonyl (C=O) groups excluding carboxylic acids is 2. The van der Waals surface area contributed by atoms with Gasteiger partial charge in [0.05, 0.1) is 19.9 Å². The van der Waals surface area contributed by atoms with Crippen molar-refractivity contribution in [3.63, 3.8) is 0 Å². The Bertz CT molecular complexity index is 907. The molecule has 1 aliphatic rings. The van der Waals surface area contributed by atoms with Crippen molar-refractivity contribution in [3.8, 4) is 11.5 Å². The molecule has 26 heavy (non-hydrogen) atoms. The third kappa shape index (κ3) is 3.65. The molecule has 134 valence electrons. The van der Waals surface area contributed by atoms with Crippen molar-refractivity contribution in [3.05, 3.63) is 52.5 Å². The molecule has 0 radical (unpaired) electrons. The molecule has 6 nitrogen and oxygen atoms in total. The number of esters is 1. The van der Waals surface area contributed by atoms with Crippen LogP contribution in [0.2, 0.25) is 5.02 Å². The number of nitrogens with one attached hydrogen (secondary N) is 1. The fraction of sp³-hybridized carbons (Fsp3) is 0.158. The van der Waals surface area contributed by atoms with Crippen LogP contribution in [0.3, 0.4) is 0 Å². The quantitative estimate of drug-likeness (QED) is 0.642. The van der Waals surface area contributed by atoms with Gasteiger partial charge in [0.1, 0.15) is 0 Å². The number of hydrogen-bond acceptors (Lipinski definition) is 5. The van der Waals surface area contributed by atoms with Crippen LogP contribution in [0, 0.1) is 0 Å². The van der Waals surface area contributed by atoms with Crippen LogP contribution in [0.1, 0.15) is 11.1 Å². The number of carbonyl (C=O) groups is 2. The van der Waals surface area contributed by atoms with E-state index in [-0.39, 0.29) is 12.5 Å². The lowest BCUT2D eigenvalue weighted by Crippen LogP contribution is -2.12. The van der Waals surface area contributed by atoms with Gasteiger partial charge in [-0.2, -0.15) is 0 Å². The van der Waals surface area contributed by atoms with E-state index in [0.717, 1.165) is 11.1 Å². The molecule has 1 N–H and O–H groups in total. The smallest absolute Gasteiger partial charge is 0.343 e. The number of ether oxygens (including phenoxy) is 3. The van der Waals surface area contributed by atoms with E-state index in [1.54, 1.807) is 42.5 Å². The Labute approximate surface area is 155 Å². The minimum atomic E-state index is -0.490. The molecule has 1 aliphatic heterocycles. The maximum Gasteiger partial charge on any atom is 0.343 e. The number of benzene rings is 2. The summed E-state index contributed by atoms with van der Waals surface area (Å²) in [5.41, 5.74) is 2.74. The summed E-state index contributed by atoms with van der Waals surface area (Å²) in [4.78, 5) is 23.5. The Hall–Kier alpha value is -2.99. The van der Waals surface area contributed by atoms with Crippen molar-refractivity contribution >= 4 is 40.8 Å². The van der Waals surface area contributed by atoms with Crippen molar-refractivity contribution in [2.24, 2.45) is 0 Å². The Morgan fingerprint density at radius 2 is 1.96 bits per heavy atom. The maximum absolute atomic E-state index is 12.2. The highest BCUT2D eigenvalue weighted by molar-refractivity contribution is 6.36. The van der Waals surface area contributed by atoms with E-state index in [1.807, 2.05) is 0 Å². The van der Waals surface area contributed by atoms with Crippen LogP contribution < -0.4 is 14.8 Å². The normalized spacial score (nSPS) is 14.0. The van der Waals surface area contributed by atoms with Crippen molar-refractivity contribution in [1.29, 1.82) is 0 Å². The number of amides is 1. The summed E-state index contributed by atoms with van der Waals surface area (Å²) < 4.78 is 15.2. The molecule has 0 aliphatic carbocycles. The van der Waals surface area contributed by atoms with Gasteiger partial charge in [-0.3, -0.25) is 4.79 Å². The molecule has 2 aromatic rings. The molecule has 0 saturated heterocycles. The van der Waals surface area contributed by atoms with Gasteiger partial charge >= 0.3 is 5.97 Å². The molecule has 0 atom stereocenters. The minimum absolute atomic E-state index is 0.202. The number of fused-ring (bicyclic) bond motifs is 1. The summed E-state index contributed by atoms with van der Waals surface area (Å²) in [6.07, 6.45) is 1.75. The van der Waals surface area contributed by atoms with Crippen molar-refractivity contribution in [2.75, 3.05) is 26.1 Å². The van der Waals surface area contributed by atoms with Gasteiger partial charge in [-0.05, 0) is 35.9 Å². The fourth-order valence-electron chi connectivity index (χ4n) is 2.57. The van der Waals surface area contributed by atoms with E-state index in [9.17, 15) is 9.59 Å². The van der Waals surface area contributed by atoms with Gasteiger partial charge in [-0.15, -0.1) is 0 Å². The minimum Gasteiger partial charge on any atom is -0.493 e. The van der Waals surface area contributed by atoms with Crippen LogP contribution in [0.5, 0.6) is 11.5 Å². The summed E-state index contributed by atoms with van der Waals surface area (Å²) in [6.45, 7) is -0.218. The fourth-order valence-corrected chi connectivity index (χ4v) is 2.74. The Morgan fingerprint density at radius 1 is 1.15 bits per heavy atom. The molecular weight excluding hydrogens is 358 g/mol. The molecule has 3 rings (SSSR count). The molecule has 2 aromatic carbocycles. The van der Waals surface area contributed by atoms with E-state index in [4.69, 9.17) is 21.1 Å². The Kier molecular flexibility index (Phi) is 5.14. The van der Waals surface area contributed by atoms with Crippen molar-refractivity contribution < 1.29 is 23.8 Å². The molecule has 1 amide bonds. The van der Waals surface area contributed by atoms with Gasteiger partial charge in [-0.1, -0.05) is 23.7 Å². The molecule has 0 aromatic heterocycles. The highest BCUT2D eigenvalue weighted by Gasteiger charge is 2.24. The molecule has 7 heteroatoms. The van der Waals surface area contributed by atoms with Gasteiger partial charge in [0, 0.05) is 16.2 Å². The lowest BCUT2D eigenvalue weighted by atomic mass is 10.0. The Balaban J connectivity index is 1.90. The predicted octanol–water partition coefficient (Wildman–Crippen LogP) is 3.39. The second-order valence-corrected chi connectivity index (χ2v) is 5.91. The van der Waals surface area contributed by atoms with Gasteiger partial charge in [0.2, 0.25) is 0 Å². The summed E-state index contributed by atoms with van der Waals surface area (Å²) >= 11 is 5.96. The van der Waals surface area contributed by atoms with Gasteiger partial charge in [0.15, 0.2) is 18.1 Å². The summed E-state index contributed by atoms with van der Waals surface area (Å²) in [5.74, 6) is 0.157.